The fourth-order valence-electron chi connectivity index (χ4n) is 1.41. The number of para-hydroxylation sites is 1. The number of rotatable bonds is 5. The number of alkyl halides is 4. The van der Waals surface area contributed by atoms with Crippen molar-refractivity contribution in [3.05, 3.63) is 29.8 Å². The summed E-state index contributed by atoms with van der Waals surface area (Å²) < 4.78 is 44.1. The maximum Gasteiger partial charge on any atom is 0.573 e. The lowest BCUT2D eigenvalue weighted by Crippen LogP contribution is -2.28. The maximum absolute atomic E-state index is 12.2. The van der Waals surface area contributed by atoms with Crippen molar-refractivity contribution in [1.29, 1.82) is 0 Å². The van der Waals surface area contributed by atoms with Gasteiger partial charge in [0.1, 0.15) is 16.4 Å². The molecule has 0 aliphatic carbocycles. The van der Waals surface area contributed by atoms with Crippen molar-refractivity contribution >= 4 is 22.2 Å². The molecule has 0 aromatic heterocycles. The molecule has 100 valence electrons. The number of halogens is 4. The van der Waals surface area contributed by atoms with Crippen LogP contribution in [0.5, 0.6) is 5.75 Å². The minimum absolute atomic E-state index is 0.0548. The molecule has 0 saturated heterocycles. The van der Waals surface area contributed by atoms with E-state index in [-0.39, 0.29) is 12.2 Å². The molecule has 0 aliphatic heterocycles. The summed E-state index contributed by atoms with van der Waals surface area (Å²) in [5.74, 6) is -0.439. The summed E-state index contributed by atoms with van der Waals surface area (Å²) in [4.78, 5) is 11.1. The predicted molar refractivity (Wildman–Crippen MR) is 61.7 cm³/mol. The van der Waals surface area contributed by atoms with Crippen molar-refractivity contribution in [2.24, 2.45) is 0 Å². The van der Waals surface area contributed by atoms with Gasteiger partial charge >= 0.3 is 6.36 Å². The van der Waals surface area contributed by atoms with Crippen molar-refractivity contribution in [2.45, 2.75) is 10.7 Å². The molecule has 1 aromatic carbocycles. The molecule has 1 rings (SSSR count). The summed E-state index contributed by atoms with van der Waals surface area (Å²) in [6, 6.07) is 5.39. The first-order valence-corrected chi connectivity index (χ1v) is 5.61. The molecule has 0 amide bonds. The lowest BCUT2D eigenvalue weighted by molar-refractivity contribution is -0.275. The third kappa shape index (κ3) is 3.71. The van der Waals surface area contributed by atoms with Crippen LogP contribution in [0.3, 0.4) is 0 Å². The summed E-state index contributed by atoms with van der Waals surface area (Å²) in [6.45, 7) is -0.116. The highest BCUT2D eigenvalue weighted by Crippen LogP contribution is 2.38. The number of hydrogen-bond donors (Lipinski definition) is 0. The van der Waals surface area contributed by atoms with E-state index in [0.717, 1.165) is 6.07 Å². The minimum atomic E-state index is -4.82. The Morgan fingerprint density at radius 1 is 1.33 bits per heavy atom. The number of hydrogen-bond acceptors (Lipinski definition) is 3. The van der Waals surface area contributed by atoms with Crippen LogP contribution < -0.4 is 4.74 Å². The van der Waals surface area contributed by atoms with Gasteiger partial charge in [0, 0.05) is 12.7 Å². The van der Waals surface area contributed by atoms with Crippen molar-refractivity contribution in [1.82, 2.24) is 0 Å². The molecule has 0 fully saturated rings. The lowest BCUT2D eigenvalue weighted by Gasteiger charge is -2.23. The van der Waals surface area contributed by atoms with Crippen molar-refractivity contribution in [3.63, 3.8) is 0 Å². The maximum atomic E-state index is 12.2. The molecule has 1 atom stereocenters. The Kier molecular flexibility index (Phi) is 4.75. The van der Waals surface area contributed by atoms with E-state index in [1.165, 1.54) is 25.3 Å². The van der Waals surface area contributed by atoms with Gasteiger partial charge in [-0.2, -0.15) is 0 Å². The highest BCUT2D eigenvalue weighted by molar-refractivity contribution is 9.10. The SMILES string of the molecule is COCC(Br)(C=O)c1ccccc1OC(F)(F)F. The molecule has 1 unspecified atom stereocenters. The Morgan fingerprint density at radius 3 is 2.44 bits per heavy atom. The molecule has 0 radical (unpaired) electrons. The van der Waals surface area contributed by atoms with E-state index in [2.05, 4.69) is 20.7 Å². The molecule has 0 aliphatic rings. The summed E-state index contributed by atoms with van der Waals surface area (Å²) in [5, 5.41) is 0. The average molecular weight is 327 g/mol. The minimum Gasteiger partial charge on any atom is -0.405 e. The zero-order chi connectivity index (χ0) is 13.8. The highest BCUT2D eigenvalue weighted by Gasteiger charge is 2.37. The second kappa shape index (κ2) is 5.71. The summed E-state index contributed by atoms with van der Waals surface area (Å²) in [7, 11) is 1.34. The number of ether oxygens (including phenoxy) is 2. The van der Waals surface area contributed by atoms with Crippen LogP contribution in [0.25, 0.3) is 0 Å². The van der Waals surface area contributed by atoms with E-state index in [9.17, 15) is 18.0 Å². The van der Waals surface area contributed by atoms with Crippen LogP contribution in [0.4, 0.5) is 13.2 Å². The van der Waals surface area contributed by atoms with E-state index in [1.807, 2.05) is 0 Å². The van der Waals surface area contributed by atoms with Crippen LogP contribution in [-0.2, 0) is 13.9 Å². The van der Waals surface area contributed by atoms with Crippen LogP contribution in [-0.4, -0.2) is 26.4 Å². The molecule has 0 heterocycles. The second-order valence-corrected chi connectivity index (χ2v) is 4.87. The normalized spacial score (nSPS) is 14.9. The van der Waals surface area contributed by atoms with Crippen LogP contribution in [0.2, 0.25) is 0 Å². The van der Waals surface area contributed by atoms with Crippen molar-refractivity contribution < 1.29 is 27.4 Å². The number of aldehydes is 1. The Morgan fingerprint density at radius 2 is 1.94 bits per heavy atom. The Hall–Kier alpha value is -1.08. The molecule has 1 aromatic rings. The number of methoxy groups -OCH3 is 1. The Labute approximate surface area is 110 Å². The molecule has 18 heavy (non-hydrogen) atoms. The number of carbonyl (C=O) groups excluding carboxylic acids is 1. The Balaban J connectivity index is 3.19. The topological polar surface area (TPSA) is 35.5 Å². The summed E-state index contributed by atoms with van der Waals surface area (Å²) in [5.41, 5.74) is 0.0548. The van der Waals surface area contributed by atoms with Gasteiger partial charge in [-0.05, 0) is 6.07 Å². The predicted octanol–water partition coefficient (Wildman–Crippen LogP) is 3.02. The van der Waals surface area contributed by atoms with Crippen LogP contribution in [0, 0.1) is 0 Å². The van der Waals surface area contributed by atoms with Crippen LogP contribution in [0.15, 0.2) is 24.3 Å². The van der Waals surface area contributed by atoms with Gasteiger partial charge in [-0.1, -0.05) is 34.1 Å². The molecule has 3 nitrogen and oxygen atoms in total. The van der Waals surface area contributed by atoms with Crippen molar-refractivity contribution in [3.8, 4) is 5.75 Å². The molecule has 0 N–H and O–H groups in total. The molecule has 0 bridgehead atoms. The number of carbonyl (C=O) groups is 1. The van der Waals surface area contributed by atoms with Gasteiger partial charge in [0.25, 0.3) is 0 Å². The first-order chi connectivity index (χ1) is 8.32. The monoisotopic (exact) mass is 326 g/mol. The third-order valence-electron chi connectivity index (χ3n) is 2.10. The van der Waals surface area contributed by atoms with Crippen molar-refractivity contribution in [2.75, 3.05) is 13.7 Å². The Bertz CT molecular complexity index is 422. The quantitative estimate of drug-likeness (QED) is 0.616. The first-order valence-electron chi connectivity index (χ1n) is 4.82. The van der Waals surface area contributed by atoms with Gasteiger partial charge in [-0.15, -0.1) is 13.2 Å². The average Bonchev–Trinajstić information content (AvgIpc) is 2.28. The van der Waals surface area contributed by atoms with Gasteiger partial charge in [0.15, 0.2) is 0 Å². The fraction of sp³-hybridized carbons (Fsp3) is 0.364. The van der Waals surface area contributed by atoms with E-state index in [0.29, 0.717) is 6.29 Å². The molecule has 7 heteroatoms. The van der Waals surface area contributed by atoms with E-state index in [4.69, 9.17) is 4.74 Å². The molecule has 0 spiro atoms. The molecular weight excluding hydrogens is 317 g/mol. The third-order valence-corrected chi connectivity index (χ3v) is 2.94. The zero-order valence-corrected chi connectivity index (χ0v) is 10.9. The smallest absolute Gasteiger partial charge is 0.405 e. The van der Waals surface area contributed by atoms with Crippen LogP contribution >= 0.6 is 15.9 Å². The fourth-order valence-corrected chi connectivity index (χ4v) is 1.97. The number of benzene rings is 1. The molecular formula is C11H10BrF3O3. The van der Waals surface area contributed by atoms with E-state index >= 15 is 0 Å². The van der Waals surface area contributed by atoms with Crippen LogP contribution in [0.1, 0.15) is 5.56 Å². The summed E-state index contributed by atoms with van der Waals surface area (Å²) in [6.07, 6.45) is -4.35. The first kappa shape index (κ1) is 15.0. The largest absolute Gasteiger partial charge is 0.573 e. The second-order valence-electron chi connectivity index (χ2n) is 3.46. The van der Waals surface area contributed by atoms with E-state index < -0.39 is 16.4 Å². The van der Waals surface area contributed by atoms with Gasteiger partial charge in [-0.3, -0.25) is 0 Å². The van der Waals surface area contributed by atoms with Gasteiger partial charge in [0.05, 0.1) is 6.61 Å². The standard InChI is InChI=1S/C11H10BrF3O3/c1-17-7-10(12,6-16)8-4-2-3-5-9(8)18-11(13,14)15/h2-6H,7H2,1H3. The van der Waals surface area contributed by atoms with E-state index in [1.54, 1.807) is 0 Å². The summed E-state index contributed by atoms with van der Waals surface area (Å²) >= 11 is 3.07. The van der Waals surface area contributed by atoms with Gasteiger partial charge < -0.3 is 14.3 Å². The lowest BCUT2D eigenvalue weighted by atomic mass is 10.0. The van der Waals surface area contributed by atoms with Gasteiger partial charge in [0.2, 0.25) is 0 Å². The molecule has 0 saturated carbocycles. The zero-order valence-electron chi connectivity index (χ0n) is 9.33. The van der Waals surface area contributed by atoms with Gasteiger partial charge in [-0.25, -0.2) is 0 Å². The highest BCUT2D eigenvalue weighted by atomic mass is 79.9.